The highest BCUT2D eigenvalue weighted by atomic mass is 35.5. The fraction of sp³-hybridized carbons (Fsp3) is 0.533. The van der Waals surface area contributed by atoms with Gasteiger partial charge in [0, 0.05) is 17.6 Å². The van der Waals surface area contributed by atoms with Crippen molar-refractivity contribution >= 4 is 17.7 Å². The Kier molecular flexibility index (Phi) is 5.84. The van der Waals surface area contributed by atoms with E-state index in [1.54, 1.807) is 0 Å². The van der Waals surface area contributed by atoms with Crippen LogP contribution in [-0.2, 0) is 11.2 Å². The van der Waals surface area contributed by atoms with Gasteiger partial charge in [-0.15, -0.1) is 0 Å². The first kappa shape index (κ1) is 16.8. The zero-order chi connectivity index (χ0) is 15.3. The smallest absolute Gasteiger partial charge is 0.407 e. The molecule has 0 bridgehead atoms. The molecule has 0 aromatic heterocycles. The lowest BCUT2D eigenvalue weighted by molar-refractivity contribution is 0.0524. The molecule has 112 valence electrons. The number of aryl methyl sites for hydroxylation is 1. The number of halogens is 1. The monoisotopic (exact) mass is 298 g/mol. The molecule has 20 heavy (non-hydrogen) atoms. The average molecular weight is 299 g/mol. The molecule has 0 saturated heterocycles. The predicted octanol–water partition coefficient (Wildman–Crippen LogP) is 3.04. The summed E-state index contributed by atoms with van der Waals surface area (Å²) in [7, 11) is 0. The average Bonchev–Trinajstić information content (AvgIpc) is 2.29. The Morgan fingerprint density at radius 2 is 2.10 bits per heavy atom. The summed E-state index contributed by atoms with van der Waals surface area (Å²) >= 11 is 6.12. The molecule has 1 aromatic rings. The molecule has 0 aliphatic carbocycles. The van der Waals surface area contributed by atoms with Crippen LogP contribution >= 0.6 is 11.6 Å². The maximum Gasteiger partial charge on any atom is 0.407 e. The first-order valence-electron chi connectivity index (χ1n) is 6.65. The number of amides is 1. The molecule has 5 heteroatoms. The number of carbonyl (C=O) groups is 1. The Morgan fingerprint density at radius 1 is 1.45 bits per heavy atom. The molecule has 0 aliphatic rings. The van der Waals surface area contributed by atoms with Crippen molar-refractivity contribution in [1.82, 2.24) is 5.32 Å². The van der Waals surface area contributed by atoms with E-state index >= 15 is 0 Å². The molecule has 0 fully saturated rings. The second-order valence-corrected chi connectivity index (χ2v) is 6.35. The number of hydrogen-bond acceptors (Lipinski definition) is 3. The summed E-state index contributed by atoms with van der Waals surface area (Å²) in [6.45, 7) is 7.81. The molecule has 0 radical (unpaired) electrons. The van der Waals surface area contributed by atoms with Gasteiger partial charge < -0.3 is 15.8 Å². The summed E-state index contributed by atoms with van der Waals surface area (Å²) in [6.07, 6.45) is 0.152. The van der Waals surface area contributed by atoms with Crippen molar-refractivity contribution in [3.8, 4) is 0 Å². The van der Waals surface area contributed by atoms with Gasteiger partial charge in [0.05, 0.1) is 0 Å². The number of rotatable bonds is 4. The van der Waals surface area contributed by atoms with Crippen LogP contribution in [0.5, 0.6) is 0 Å². The van der Waals surface area contributed by atoms with E-state index in [-0.39, 0.29) is 6.04 Å². The van der Waals surface area contributed by atoms with Gasteiger partial charge in [0.1, 0.15) is 5.60 Å². The van der Waals surface area contributed by atoms with Gasteiger partial charge in [-0.1, -0.05) is 29.3 Å². The Hall–Kier alpha value is -1.26. The minimum absolute atomic E-state index is 0.207. The molecule has 0 heterocycles. The third-order valence-corrected chi connectivity index (χ3v) is 2.96. The van der Waals surface area contributed by atoms with E-state index in [0.29, 0.717) is 18.0 Å². The minimum Gasteiger partial charge on any atom is -0.444 e. The van der Waals surface area contributed by atoms with Gasteiger partial charge in [0.2, 0.25) is 0 Å². The van der Waals surface area contributed by atoms with E-state index in [0.717, 1.165) is 11.1 Å². The molecule has 1 atom stereocenters. The molecule has 1 rings (SSSR count). The Morgan fingerprint density at radius 3 is 2.70 bits per heavy atom. The topological polar surface area (TPSA) is 64.3 Å². The van der Waals surface area contributed by atoms with Gasteiger partial charge in [-0.05, 0) is 45.7 Å². The number of nitrogens with two attached hydrogens (primary N) is 1. The van der Waals surface area contributed by atoms with Gasteiger partial charge in [-0.3, -0.25) is 0 Å². The first-order chi connectivity index (χ1) is 9.17. The maximum absolute atomic E-state index is 11.5. The number of carbonyl (C=O) groups excluding carboxylic acids is 1. The Balaban J connectivity index is 2.46. The highest BCUT2D eigenvalue weighted by Crippen LogP contribution is 2.18. The summed E-state index contributed by atoms with van der Waals surface area (Å²) in [5, 5.41) is 3.36. The SMILES string of the molecule is Cc1ccc(Cl)c(CC(N)CNC(=O)OC(C)(C)C)c1. The number of ether oxygens (including phenoxy) is 1. The third kappa shape index (κ3) is 6.26. The number of nitrogens with one attached hydrogen (secondary N) is 1. The van der Waals surface area contributed by atoms with Gasteiger partial charge in [0.15, 0.2) is 0 Å². The van der Waals surface area contributed by atoms with Crippen molar-refractivity contribution in [2.75, 3.05) is 6.54 Å². The lowest BCUT2D eigenvalue weighted by Crippen LogP contribution is -2.41. The predicted molar refractivity (Wildman–Crippen MR) is 82.1 cm³/mol. The van der Waals surface area contributed by atoms with Crippen LogP contribution in [0.4, 0.5) is 4.79 Å². The summed E-state index contributed by atoms with van der Waals surface area (Å²) in [6, 6.07) is 5.62. The second-order valence-electron chi connectivity index (χ2n) is 5.94. The molecule has 1 aromatic carbocycles. The van der Waals surface area contributed by atoms with E-state index in [2.05, 4.69) is 5.32 Å². The van der Waals surface area contributed by atoms with Crippen LogP contribution in [0.3, 0.4) is 0 Å². The van der Waals surface area contributed by atoms with E-state index in [1.807, 2.05) is 45.9 Å². The summed E-state index contributed by atoms with van der Waals surface area (Å²) in [5.41, 5.74) is 7.63. The molecular weight excluding hydrogens is 276 g/mol. The largest absolute Gasteiger partial charge is 0.444 e. The fourth-order valence-corrected chi connectivity index (χ4v) is 1.94. The van der Waals surface area contributed by atoms with Crippen molar-refractivity contribution in [1.29, 1.82) is 0 Å². The van der Waals surface area contributed by atoms with Crippen LogP contribution in [0.1, 0.15) is 31.9 Å². The van der Waals surface area contributed by atoms with Gasteiger partial charge in [-0.25, -0.2) is 4.79 Å². The van der Waals surface area contributed by atoms with Crippen molar-refractivity contribution in [2.24, 2.45) is 5.73 Å². The Bertz CT molecular complexity index is 469. The molecule has 1 unspecified atom stereocenters. The normalized spacial score (nSPS) is 12.9. The van der Waals surface area contributed by atoms with Crippen LogP contribution in [-0.4, -0.2) is 24.3 Å². The summed E-state index contributed by atoms with van der Waals surface area (Å²) in [4.78, 5) is 11.5. The fourth-order valence-electron chi connectivity index (χ4n) is 1.74. The van der Waals surface area contributed by atoms with Crippen molar-refractivity contribution in [2.45, 2.75) is 45.8 Å². The molecule has 0 aliphatic heterocycles. The third-order valence-electron chi connectivity index (χ3n) is 2.59. The highest BCUT2D eigenvalue weighted by molar-refractivity contribution is 6.31. The molecule has 3 N–H and O–H groups in total. The van der Waals surface area contributed by atoms with Crippen LogP contribution in [0, 0.1) is 6.92 Å². The molecule has 0 saturated carbocycles. The Labute approximate surface area is 125 Å². The van der Waals surface area contributed by atoms with Crippen molar-refractivity contribution in [3.05, 3.63) is 34.3 Å². The maximum atomic E-state index is 11.5. The zero-order valence-corrected chi connectivity index (χ0v) is 13.3. The molecular formula is C15H23ClN2O2. The summed E-state index contributed by atoms with van der Waals surface area (Å²) < 4.78 is 5.15. The standard InChI is InChI=1S/C15H23ClN2O2/c1-10-5-6-13(16)11(7-10)8-12(17)9-18-14(19)20-15(2,3)4/h5-7,12H,8-9,17H2,1-4H3,(H,18,19). The van der Waals surface area contributed by atoms with E-state index < -0.39 is 11.7 Å². The molecule has 4 nitrogen and oxygen atoms in total. The number of hydrogen-bond donors (Lipinski definition) is 2. The van der Waals surface area contributed by atoms with Crippen LogP contribution < -0.4 is 11.1 Å². The van der Waals surface area contributed by atoms with Crippen molar-refractivity contribution in [3.63, 3.8) is 0 Å². The van der Waals surface area contributed by atoms with Crippen LogP contribution in [0.25, 0.3) is 0 Å². The summed E-state index contributed by atoms with van der Waals surface area (Å²) in [5.74, 6) is 0. The van der Waals surface area contributed by atoms with E-state index in [9.17, 15) is 4.79 Å². The van der Waals surface area contributed by atoms with Gasteiger partial charge in [0.25, 0.3) is 0 Å². The number of benzene rings is 1. The minimum atomic E-state index is -0.506. The first-order valence-corrected chi connectivity index (χ1v) is 7.02. The highest BCUT2D eigenvalue weighted by Gasteiger charge is 2.16. The quantitative estimate of drug-likeness (QED) is 0.898. The van der Waals surface area contributed by atoms with Crippen LogP contribution in [0.15, 0.2) is 18.2 Å². The zero-order valence-electron chi connectivity index (χ0n) is 12.5. The van der Waals surface area contributed by atoms with Gasteiger partial charge in [-0.2, -0.15) is 0 Å². The van der Waals surface area contributed by atoms with E-state index in [4.69, 9.17) is 22.1 Å². The second kappa shape index (κ2) is 6.95. The van der Waals surface area contributed by atoms with Crippen molar-refractivity contribution < 1.29 is 9.53 Å². The lowest BCUT2D eigenvalue weighted by Gasteiger charge is -2.21. The van der Waals surface area contributed by atoms with Gasteiger partial charge >= 0.3 is 6.09 Å². The molecule has 0 spiro atoms. The number of alkyl carbamates (subject to hydrolysis) is 1. The molecule has 1 amide bonds. The van der Waals surface area contributed by atoms with Crippen LogP contribution in [0.2, 0.25) is 5.02 Å². The van der Waals surface area contributed by atoms with E-state index in [1.165, 1.54) is 0 Å². The lowest BCUT2D eigenvalue weighted by atomic mass is 10.0.